The number of aromatic nitrogens is 2. The first kappa shape index (κ1) is 12.7. The van der Waals surface area contributed by atoms with Crippen molar-refractivity contribution in [2.45, 2.75) is 19.9 Å². The molecule has 1 saturated heterocycles. The van der Waals surface area contributed by atoms with E-state index in [2.05, 4.69) is 20.4 Å². The minimum absolute atomic E-state index is 0.107. The summed E-state index contributed by atoms with van der Waals surface area (Å²) in [6.07, 6.45) is 0.874. The number of hydrogen-bond donors (Lipinski definition) is 1. The Morgan fingerprint density at radius 3 is 3.00 bits per heavy atom. The van der Waals surface area contributed by atoms with Crippen LogP contribution in [0.25, 0.3) is 0 Å². The van der Waals surface area contributed by atoms with Crippen molar-refractivity contribution in [2.24, 2.45) is 5.41 Å². The van der Waals surface area contributed by atoms with Gasteiger partial charge in [-0.1, -0.05) is 11.3 Å². The summed E-state index contributed by atoms with van der Waals surface area (Å²) in [5.74, 6) is 0.107. The summed E-state index contributed by atoms with van der Waals surface area (Å²) in [7, 11) is 1.68. The van der Waals surface area contributed by atoms with Crippen molar-refractivity contribution in [1.29, 1.82) is 0 Å². The number of carbonyl (C=O) groups excluding carboxylic acids is 1. The number of rotatable bonds is 3. The molecule has 1 aromatic heterocycles. The molecule has 0 radical (unpaired) electrons. The average Bonchev–Trinajstić information content (AvgIpc) is 2.86. The average molecular weight is 275 g/mol. The highest BCUT2D eigenvalue weighted by atomic mass is 35.5. The van der Waals surface area contributed by atoms with Crippen LogP contribution in [-0.2, 0) is 11.3 Å². The Hall–Kier alpha value is -0.720. The summed E-state index contributed by atoms with van der Waals surface area (Å²) >= 11 is 7.13. The fraction of sp³-hybridized carbons (Fsp3) is 0.700. The molecule has 7 heteroatoms. The molecule has 1 aromatic rings. The minimum atomic E-state index is -0.288. The number of carbonyl (C=O) groups is 1. The van der Waals surface area contributed by atoms with E-state index >= 15 is 0 Å². The lowest BCUT2D eigenvalue weighted by Crippen LogP contribution is -2.39. The van der Waals surface area contributed by atoms with Crippen molar-refractivity contribution in [3.63, 3.8) is 0 Å². The predicted molar refractivity (Wildman–Crippen MR) is 67.0 cm³/mol. The highest BCUT2D eigenvalue weighted by Crippen LogP contribution is 2.31. The van der Waals surface area contributed by atoms with E-state index in [9.17, 15) is 4.79 Å². The molecular weight excluding hydrogens is 260 g/mol. The predicted octanol–water partition coefficient (Wildman–Crippen LogP) is 1.15. The summed E-state index contributed by atoms with van der Waals surface area (Å²) < 4.78 is 0.466. The van der Waals surface area contributed by atoms with E-state index in [1.807, 2.05) is 6.92 Å². The Morgan fingerprint density at radius 2 is 2.41 bits per heavy atom. The largest absolute Gasteiger partial charge is 0.359 e. The molecular formula is C10H15ClN4OS. The van der Waals surface area contributed by atoms with Crippen molar-refractivity contribution >= 4 is 28.8 Å². The van der Waals surface area contributed by atoms with Crippen molar-refractivity contribution in [2.75, 3.05) is 20.1 Å². The maximum atomic E-state index is 11.8. The number of hydrogen-bond acceptors (Lipinski definition) is 5. The Bertz CT molecular complexity index is 424. The molecule has 0 spiro atoms. The molecule has 2 rings (SSSR count). The zero-order valence-electron chi connectivity index (χ0n) is 9.86. The molecule has 1 amide bonds. The molecule has 1 atom stereocenters. The lowest BCUT2D eigenvalue weighted by molar-refractivity contribution is -0.129. The molecule has 17 heavy (non-hydrogen) atoms. The molecule has 1 N–H and O–H groups in total. The fourth-order valence-electron chi connectivity index (χ4n) is 2.17. The van der Waals surface area contributed by atoms with E-state index in [0.717, 1.165) is 31.1 Å². The van der Waals surface area contributed by atoms with E-state index in [-0.39, 0.29) is 11.3 Å². The molecule has 0 aliphatic carbocycles. The van der Waals surface area contributed by atoms with Crippen molar-refractivity contribution in [3.05, 3.63) is 9.47 Å². The van der Waals surface area contributed by atoms with Gasteiger partial charge in [-0.3, -0.25) is 9.69 Å². The van der Waals surface area contributed by atoms with Crippen LogP contribution >= 0.6 is 22.9 Å². The van der Waals surface area contributed by atoms with Crippen molar-refractivity contribution < 1.29 is 4.79 Å². The topological polar surface area (TPSA) is 58.1 Å². The zero-order chi connectivity index (χ0) is 12.5. The third-order valence-corrected chi connectivity index (χ3v) is 4.13. The highest BCUT2D eigenvalue weighted by molar-refractivity contribution is 7.15. The summed E-state index contributed by atoms with van der Waals surface area (Å²) in [5.41, 5.74) is -0.288. The summed E-state index contributed by atoms with van der Waals surface area (Å²) in [4.78, 5) is 14.0. The van der Waals surface area contributed by atoms with Crippen LogP contribution in [-0.4, -0.2) is 41.1 Å². The Balaban J connectivity index is 1.96. The van der Waals surface area contributed by atoms with Gasteiger partial charge in [0.2, 0.25) is 10.4 Å². The van der Waals surface area contributed by atoms with Gasteiger partial charge in [-0.05, 0) is 31.5 Å². The molecule has 2 heterocycles. The van der Waals surface area contributed by atoms with Gasteiger partial charge in [0.25, 0.3) is 0 Å². The van der Waals surface area contributed by atoms with Gasteiger partial charge in [0, 0.05) is 13.6 Å². The molecule has 94 valence electrons. The summed E-state index contributed by atoms with van der Waals surface area (Å²) in [6.45, 7) is 4.38. The Labute approximate surface area is 109 Å². The summed E-state index contributed by atoms with van der Waals surface area (Å²) in [5, 5.41) is 11.4. The molecule has 0 aromatic carbocycles. The highest BCUT2D eigenvalue weighted by Gasteiger charge is 2.39. The van der Waals surface area contributed by atoms with Gasteiger partial charge < -0.3 is 5.32 Å². The van der Waals surface area contributed by atoms with Crippen LogP contribution in [0.4, 0.5) is 0 Å². The Morgan fingerprint density at radius 1 is 1.65 bits per heavy atom. The van der Waals surface area contributed by atoms with Crippen molar-refractivity contribution in [3.8, 4) is 0 Å². The van der Waals surface area contributed by atoms with Crippen molar-refractivity contribution in [1.82, 2.24) is 20.4 Å². The van der Waals surface area contributed by atoms with Crippen LogP contribution in [0.5, 0.6) is 0 Å². The number of halogens is 1. The van der Waals surface area contributed by atoms with Crippen LogP contribution in [0.1, 0.15) is 18.4 Å². The summed E-state index contributed by atoms with van der Waals surface area (Å²) in [6, 6.07) is 0. The standard InChI is InChI=1S/C10H15ClN4OS/c1-10(8(16)12-2)3-4-15(6-10)5-7-13-14-9(11)17-7/h3-6H2,1-2H3,(H,12,16). The first-order valence-corrected chi connectivity index (χ1v) is 6.65. The number of amides is 1. The second kappa shape index (κ2) is 4.88. The van der Waals surface area contributed by atoms with E-state index in [1.54, 1.807) is 7.05 Å². The maximum absolute atomic E-state index is 11.8. The maximum Gasteiger partial charge on any atom is 0.227 e. The lowest BCUT2D eigenvalue weighted by atomic mass is 9.89. The number of nitrogens with one attached hydrogen (secondary N) is 1. The number of likely N-dealkylation sites (tertiary alicyclic amines) is 1. The zero-order valence-corrected chi connectivity index (χ0v) is 11.4. The quantitative estimate of drug-likeness (QED) is 0.898. The monoisotopic (exact) mass is 274 g/mol. The first-order valence-electron chi connectivity index (χ1n) is 5.46. The van der Waals surface area contributed by atoms with Crippen LogP contribution < -0.4 is 5.32 Å². The van der Waals surface area contributed by atoms with Gasteiger partial charge in [-0.15, -0.1) is 10.2 Å². The molecule has 5 nitrogen and oxygen atoms in total. The van der Waals surface area contributed by atoms with E-state index in [4.69, 9.17) is 11.6 Å². The van der Waals surface area contributed by atoms with Gasteiger partial charge in [0.05, 0.1) is 12.0 Å². The SMILES string of the molecule is CNC(=O)C1(C)CCN(Cc2nnc(Cl)s2)C1. The normalized spacial score (nSPS) is 25.1. The van der Waals surface area contributed by atoms with Gasteiger partial charge in [-0.25, -0.2) is 0 Å². The van der Waals surface area contributed by atoms with E-state index < -0.39 is 0 Å². The van der Waals surface area contributed by atoms with Crippen LogP contribution in [0.2, 0.25) is 4.47 Å². The molecule has 0 saturated carbocycles. The lowest BCUT2D eigenvalue weighted by Gasteiger charge is -2.22. The molecule has 0 bridgehead atoms. The van der Waals surface area contributed by atoms with Gasteiger partial charge in [-0.2, -0.15) is 0 Å². The van der Waals surface area contributed by atoms with E-state index in [0.29, 0.717) is 4.47 Å². The minimum Gasteiger partial charge on any atom is -0.359 e. The Kier molecular flexibility index (Phi) is 3.65. The third kappa shape index (κ3) is 2.75. The number of nitrogens with zero attached hydrogens (tertiary/aromatic N) is 3. The molecule has 1 fully saturated rings. The van der Waals surface area contributed by atoms with E-state index in [1.165, 1.54) is 11.3 Å². The van der Waals surface area contributed by atoms with Crippen LogP contribution in [0, 0.1) is 5.41 Å². The first-order chi connectivity index (χ1) is 8.03. The molecule has 1 aliphatic rings. The van der Waals surface area contributed by atoms with Gasteiger partial charge in [0.15, 0.2) is 0 Å². The molecule has 1 aliphatic heterocycles. The second-order valence-corrected chi connectivity index (χ2v) is 6.19. The van der Waals surface area contributed by atoms with Crippen LogP contribution in [0.15, 0.2) is 0 Å². The fourth-order valence-corrected chi connectivity index (χ4v) is 3.08. The van der Waals surface area contributed by atoms with Gasteiger partial charge >= 0.3 is 0 Å². The van der Waals surface area contributed by atoms with Crippen LogP contribution in [0.3, 0.4) is 0 Å². The third-order valence-electron chi connectivity index (χ3n) is 3.13. The smallest absolute Gasteiger partial charge is 0.227 e. The molecule has 1 unspecified atom stereocenters. The second-order valence-electron chi connectivity index (χ2n) is 4.55. The van der Waals surface area contributed by atoms with Gasteiger partial charge in [0.1, 0.15) is 5.01 Å².